The molecule has 0 saturated carbocycles. The first-order chi connectivity index (χ1) is 14.8. The zero-order valence-corrected chi connectivity index (χ0v) is 19.4. The van der Waals surface area contributed by atoms with E-state index in [0.29, 0.717) is 11.3 Å². The second kappa shape index (κ2) is 8.18. The van der Waals surface area contributed by atoms with Gasteiger partial charge < -0.3 is 25.1 Å². The summed E-state index contributed by atoms with van der Waals surface area (Å²) in [5.74, 6) is 0.734. The number of anilines is 3. The molecule has 2 aromatic carbocycles. The molecule has 0 aliphatic heterocycles. The van der Waals surface area contributed by atoms with E-state index in [9.17, 15) is 19.5 Å². The predicted molar refractivity (Wildman–Crippen MR) is 125 cm³/mol. The van der Waals surface area contributed by atoms with E-state index in [0.717, 1.165) is 5.76 Å². The summed E-state index contributed by atoms with van der Waals surface area (Å²) in [6.45, 7) is 9.52. The second-order valence-corrected chi connectivity index (χ2v) is 9.28. The maximum atomic E-state index is 12.5. The Morgan fingerprint density at radius 3 is 2.19 bits per heavy atom. The van der Waals surface area contributed by atoms with E-state index in [1.807, 2.05) is 39.8 Å². The molecule has 1 aromatic heterocycles. The summed E-state index contributed by atoms with van der Waals surface area (Å²) in [6.07, 6.45) is 0. The summed E-state index contributed by atoms with van der Waals surface area (Å²) >= 11 is 0. The largest absolute Gasteiger partial charge is 0.505 e. The minimum atomic E-state index is -0.698. The number of benzene rings is 1. The fourth-order valence-corrected chi connectivity index (χ4v) is 3.54. The number of nitrogens with one attached hydrogen (secondary N) is 2. The highest BCUT2D eigenvalue weighted by Crippen LogP contribution is 2.39. The van der Waals surface area contributed by atoms with E-state index >= 15 is 0 Å². The summed E-state index contributed by atoms with van der Waals surface area (Å²) in [5, 5.41) is 16.7. The lowest BCUT2D eigenvalue weighted by Gasteiger charge is -2.31. The zero-order valence-electron chi connectivity index (χ0n) is 19.4. The van der Waals surface area contributed by atoms with Crippen molar-refractivity contribution in [3.63, 3.8) is 0 Å². The third-order valence-electron chi connectivity index (χ3n) is 5.38. The van der Waals surface area contributed by atoms with Gasteiger partial charge in [0, 0.05) is 14.1 Å². The average molecular weight is 440 g/mol. The highest BCUT2D eigenvalue weighted by Gasteiger charge is 2.33. The third kappa shape index (κ3) is 4.12. The fraction of sp³-hybridized carbons (Fsp3) is 0.375. The first-order valence-electron chi connectivity index (χ1n) is 10.3. The minimum absolute atomic E-state index is 0.0370. The fourth-order valence-electron chi connectivity index (χ4n) is 3.54. The number of phenols is 1. The number of hydrogen-bond acceptors (Lipinski definition) is 7. The molecule has 8 heteroatoms. The number of phenolic OH excluding ortho intramolecular Hbond substituents is 1. The molecular weight excluding hydrogens is 410 g/mol. The van der Waals surface area contributed by atoms with Gasteiger partial charge in [-0.05, 0) is 43.0 Å². The quantitative estimate of drug-likeness (QED) is 0.395. The van der Waals surface area contributed by atoms with Crippen LogP contribution < -0.4 is 21.5 Å². The van der Waals surface area contributed by atoms with Crippen molar-refractivity contribution in [1.29, 1.82) is 0 Å². The van der Waals surface area contributed by atoms with Crippen LogP contribution in [0.15, 0.2) is 38.3 Å². The van der Waals surface area contributed by atoms with Crippen LogP contribution in [-0.2, 0) is 0 Å². The lowest BCUT2D eigenvalue weighted by Crippen LogP contribution is -2.39. The Kier molecular flexibility index (Phi) is 5.91. The van der Waals surface area contributed by atoms with Crippen LogP contribution in [-0.4, -0.2) is 30.0 Å². The Hall–Kier alpha value is -3.55. The van der Waals surface area contributed by atoms with Crippen molar-refractivity contribution in [3.05, 3.63) is 67.4 Å². The van der Waals surface area contributed by atoms with Crippen LogP contribution >= 0.6 is 0 Å². The summed E-state index contributed by atoms with van der Waals surface area (Å²) in [5.41, 5.74) is -0.643. The molecule has 0 aliphatic carbocycles. The van der Waals surface area contributed by atoms with Gasteiger partial charge in [-0.2, -0.15) is 0 Å². The van der Waals surface area contributed by atoms with Crippen molar-refractivity contribution < 1.29 is 14.3 Å². The van der Waals surface area contributed by atoms with Crippen LogP contribution in [0.5, 0.6) is 5.75 Å². The number of rotatable bonds is 6. The number of carbonyl (C=O) groups excluding carboxylic acids is 1. The monoisotopic (exact) mass is 439 g/mol. The Labute approximate surface area is 186 Å². The molecular formula is C24H29N3O5. The van der Waals surface area contributed by atoms with Crippen molar-refractivity contribution in [2.45, 2.75) is 40.7 Å². The van der Waals surface area contributed by atoms with Gasteiger partial charge in [0.15, 0.2) is 5.75 Å². The minimum Gasteiger partial charge on any atom is -0.505 e. The van der Waals surface area contributed by atoms with Crippen molar-refractivity contribution in [2.75, 3.05) is 24.7 Å². The molecule has 0 fully saturated rings. The summed E-state index contributed by atoms with van der Waals surface area (Å²) < 4.78 is 5.77. The molecule has 0 bridgehead atoms. The maximum absolute atomic E-state index is 12.5. The molecule has 0 spiro atoms. The highest BCUT2D eigenvalue weighted by atomic mass is 16.3. The van der Waals surface area contributed by atoms with Gasteiger partial charge in [0.05, 0.1) is 17.3 Å². The van der Waals surface area contributed by atoms with E-state index in [2.05, 4.69) is 10.6 Å². The van der Waals surface area contributed by atoms with Gasteiger partial charge in [0.25, 0.3) is 16.8 Å². The normalized spacial score (nSPS) is 12.6. The number of furan rings is 1. The van der Waals surface area contributed by atoms with E-state index in [1.54, 1.807) is 33.2 Å². The number of aromatic hydroxyl groups is 1. The van der Waals surface area contributed by atoms with E-state index < -0.39 is 10.9 Å². The third-order valence-corrected chi connectivity index (χ3v) is 5.38. The molecule has 3 N–H and O–H groups in total. The summed E-state index contributed by atoms with van der Waals surface area (Å²) in [7, 11) is 3.17. The molecule has 1 heterocycles. The first kappa shape index (κ1) is 23.1. The Bertz CT molecular complexity index is 1240. The van der Waals surface area contributed by atoms with Crippen LogP contribution in [0.25, 0.3) is 0 Å². The molecule has 3 rings (SSSR count). The predicted octanol–water partition coefficient (Wildman–Crippen LogP) is 3.84. The molecule has 32 heavy (non-hydrogen) atoms. The van der Waals surface area contributed by atoms with Gasteiger partial charge >= 0.3 is 0 Å². The molecule has 0 unspecified atom stereocenters. The van der Waals surface area contributed by atoms with Gasteiger partial charge in [-0.15, -0.1) is 0 Å². The van der Waals surface area contributed by atoms with E-state index in [1.165, 1.54) is 4.90 Å². The van der Waals surface area contributed by atoms with Crippen molar-refractivity contribution in [3.8, 4) is 5.75 Å². The molecule has 8 nitrogen and oxygen atoms in total. The summed E-state index contributed by atoms with van der Waals surface area (Å²) in [4.78, 5) is 38.6. The Balaban J connectivity index is 1.99. The first-order valence-corrected chi connectivity index (χ1v) is 10.3. The van der Waals surface area contributed by atoms with Gasteiger partial charge in [0.1, 0.15) is 22.9 Å². The van der Waals surface area contributed by atoms with Crippen LogP contribution in [0.4, 0.5) is 17.1 Å². The van der Waals surface area contributed by atoms with Gasteiger partial charge in [0.2, 0.25) is 0 Å². The van der Waals surface area contributed by atoms with Crippen molar-refractivity contribution >= 4 is 23.0 Å². The smallest absolute Gasteiger partial charge is 0.257 e. The van der Waals surface area contributed by atoms with E-state index in [4.69, 9.17) is 4.42 Å². The number of nitrogens with zero attached hydrogens (tertiary/aromatic N) is 1. The van der Waals surface area contributed by atoms with Gasteiger partial charge in [-0.3, -0.25) is 14.4 Å². The molecule has 170 valence electrons. The summed E-state index contributed by atoms with van der Waals surface area (Å²) in [6, 6.07) is 6.53. The number of aryl methyl sites for hydroxylation is 2. The topological polar surface area (TPSA) is 112 Å². The van der Waals surface area contributed by atoms with Gasteiger partial charge in [-0.25, -0.2) is 0 Å². The van der Waals surface area contributed by atoms with Crippen LogP contribution in [0.1, 0.15) is 54.3 Å². The molecule has 0 saturated heterocycles. The average Bonchev–Trinajstić information content (AvgIpc) is 3.12. The Morgan fingerprint density at radius 1 is 1.03 bits per heavy atom. The van der Waals surface area contributed by atoms with E-state index in [-0.39, 0.29) is 45.7 Å². The second-order valence-electron chi connectivity index (χ2n) is 9.28. The van der Waals surface area contributed by atoms with Crippen LogP contribution in [0.2, 0.25) is 0 Å². The lowest BCUT2D eigenvalue weighted by atomic mass is 9.85. The standard InChI is InChI=1S/C24H29N3O5/c1-12-8-10-14(19(28)16(12)23(31)27(6)7)25-17-18(21(30)20(17)29)26-22(24(3,4)5)15-11-9-13(2)32-15/h8-11,22,25-26,28H,1-7H3/t22-/m0/s1. The number of carbonyl (C=O) groups is 1. The van der Waals surface area contributed by atoms with Gasteiger partial charge in [-0.1, -0.05) is 26.8 Å². The molecule has 0 aliphatic rings. The molecule has 3 aromatic rings. The zero-order chi connectivity index (χ0) is 24.0. The molecule has 1 atom stereocenters. The molecule has 1 amide bonds. The molecule has 0 radical (unpaired) electrons. The van der Waals surface area contributed by atoms with Crippen LogP contribution in [0, 0.1) is 19.3 Å². The highest BCUT2D eigenvalue weighted by molar-refractivity contribution is 6.00. The number of hydrogen-bond donors (Lipinski definition) is 3. The van der Waals surface area contributed by atoms with Crippen molar-refractivity contribution in [2.24, 2.45) is 5.41 Å². The lowest BCUT2D eigenvalue weighted by molar-refractivity contribution is 0.0824. The Morgan fingerprint density at radius 2 is 1.66 bits per heavy atom. The van der Waals surface area contributed by atoms with Crippen molar-refractivity contribution in [1.82, 2.24) is 4.90 Å². The van der Waals surface area contributed by atoms with Crippen LogP contribution in [0.3, 0.4) is 0 Å². The number of amides is 1. The maximum Gasteiger partial charge on any atom is 0.257 e. The SMILES string of the molecule is Cc1ccc([C@H](Nc2c(Nc3ccc(C)c(C(=O)N(C)C)c3O)c(=O)c2=O)C(C)(C)C)o1.